The molecule has 1 heterocycles. The van der Waals surface area contributed by atoms with Gasteiger partial charge in [0.05, 0.1) is 23.2 Å². The van der Waals surface area contributed by atoms with Gasteiger partial charge < -0.3 is 15.2 Å². The van der Waals surface area contributed by atoms with Crippen LogP contribution in [0.4, 0.5) is 11.5 Å². The summed E-state index contributed by atoms with van der Waals surface area (Å²) in [6.07, 6.45) is 1.38. The molecule has 0 amide bonds. The third-order valence-corrected chi connectivity index (χ3v) is 3.59. The van der Waals surface area contributed by atoms with Crippen LogP contribution < -0.4 is 10.1 Å². The molecular formula is C16H13Cl2N3O3. The van der Waals surface area contributed by atoms with Crippen LogP contribution in [-0.4, -0.2) is 28.2 Å². The molecule has 3 aromatic rings. The van der Waals surface area contributed by atoms with Crippen molar-refractivity contribution >= 4 is 52.4 Å². The number of halogens is 2. The molecule has 1 aromatic heterocycles. The summed E-state index contributed by atoms with van der Waals surface area (Å²) in [7, 11) is 1.55. The number of carboxylic acid groups (broad SMARTS) is 1. The molecule has 2 N–H and O–H groups in total. The first-order valence-corrected chi connectivity index (χ1v) is 7.05. The summed E-state index contributed by atoms with van der Waals surface area (Å²) in [6, 6.07) is 9.97. The Bertz CT molecular complexity index is 903. The first-order chi connectivity index (χ1) is 11.1. The molecule has 24 heavy (non-hydrogen) atoms. The minimum absolute atomic E-state index is 0. The molecule has 0 aliphatic rings. The predicted molar refractivity (Wildman–Crippen MR) is 95.0 cm³/mol. The van der Waals surface area contributed by atoms with E-state index < -0.39 is 5.97 Å². The van der Waals surface area contributed by atoms with Gasteiger partial charge in [-0.1, -0.05) is 11.6 Å². The summed E-state index contributed by atoms with van der Waals surface area (Å²) in [6.45, 7) is 0. The minimum atomic E-state index is -0.998. The van der Waals surface area contributed by atoms with E-state index in [1.54, 1.807) is 25.3 Å². The van der Waals surface area contributed by atoms with E-state index in [1.807, 2.05) is 6.07 Å². The van der Waals surface area contributed by atoms with Crippen LogP contribution in [0.3, 0.4) is 0 Å². The van der Waals surface area contributed by atoms with Crippen molar-refractivity contribution in [1.82, 2.24) is 9.97 Å². The summed E-state index contributed by atoms with van der Waals surface area (Å²) in [5.41, 5.74) is 1.45. The Balaban J connectivity index is 0.00000208. The third kappa shape index (κ3) is 3.50. The van der Waals surface area contributed by atoms with E-state index in [2.05, 4.69) is 15.3 Å². The van der Waals surface area contributed by atoms with Crippen molar-refractivity contribution in [3.05, 3.63) is 53.3 Å². The fraction of sp³-hybridized carbons (Fsp3) is 0.0625. The van der Waals surface area contributed by atoms with Gasteiger partial charge in [0.2, 0.25) is 0 Å². The average Bonchev–Trinajstić information content (AvgIpc) is 2.55. The van der Waals surface area contributed by atoms with E-state index >= 15 is 0 Å². The van der Waals surface area contributed by atoms with Gasteiger partial charge >= 0.3 is 5.97 Å². The van der Waals surface area contributed by atoms with E-state index in [0.717, 1.165) is 5.69 Å². The Morgan fingerprint density at radius 2 is 2.00 bits per heavy atom. The number of hydrogen-bond donors (Lipinski definition) is 2. The summed E-state index contributed by atoms with van der Waals surface area (Å²) in [5, 5.41) is 13.4. The molecule has 0 radical (unpaired) electrons. The second kappa shape index (κ2) is 7.33. The van der Waals surface area contributed by atoms with Gasteiger partial charge in [0.15, 0.2) is 0 Å². The highest BCUT2D eigenvalue weighted by molar-refractivity contribution is 6.32. The molecule has 0 fully saturated rings. The normalized spacial score (nSPS) is 10.1. The molecule has 0 saturated heterocycles. The molecule has 6 nitrogen and oxygen atoms in total. The zero-order valence-electron chi connectivity index (χ0n) is 12.5. The van der Waals surface area contributed by atoms with Crippen LogP contribution in [0.5, 0.6) is 5.75 Å². The van der Waals surface area contributed by atoms with Gasteiger partial charge in [0.1, 0.15) is 17.9 Å². The smallest absolute Gasteiger partial charge is 0.335 e. The van der Waals surface area contributed by atoms with Gasteiger partial charge in [-0.3, -0.25) is 0 Å². The van der Waals surface area contributed by atoms with Crippen LogP contribution in [0.25, 0.3) is 10.9 Å². The molecule has 0 spiro atoms. The molecule has 3 rings (SSSR count). The fourth-order valence-electron chi connectivity index (χ4n) is 2.17. The van der Waals surface area contributed by atoms with E-state index in [-0.39, 0.29) is 18.0 Å². The number of carboxylic acids is 1. The monoisotopic (exact) mass is 365 g/mol. The van der Waals surface area contributed by atoms with Crippen molar-refractivity contribution in [2.24, 2.45) is 0 Å². The number of methoxy groups -OCH3 is 1. The average molecular weight is 366 g/mol. The number of carbonyl (C=O) groups is 1. The maximum atomic E-state index is 11.0. The number of aromatic carboxylic acids is 1. The lowest BCUT2D eigenvalue weighted by molar-refractivity contribution is 0.0697. The first kappa shape index (κ1) is 17.8. The maximum absolute atomic E-state index is 11.0. The summed E-state index contributed by atoms with van der Waals surface area (Å²) < 4.78 is 5.12. The second-order valence-corrected chi connectivity index (χ2v) is 5.14. The van der Waals surface area contributed by atoms with Crippen LogP contribution in [0.15, 0.2) is 42.7 Å². The number of nitrogens with one attached hydrogen (secondary N) is 1. The van der Waals surface area contributed by atoms with E-state index in [4.69, 9.17) is 21.4 Å². The van der Waals surface area contributed by atoms with Crippen molar-refractivity contribution in [2.45, 2.75) is 0 Å². The summed E-state index contributed by atoms with van der Waals surface area (Å²) in [5.74, 6) is 0.144. The number of benzene rings is 2. The summed E-state index contributed by atoms with van der Waals surface area (Å²) in [4.78, 5) is 19.3. The van der Waals surface area contributed by atoms with Gasteiger partial charge in [-0.05, 0) is 36.4 Å². The molecule has 2 aromatic carbocycles. The van der Waals surface area contributed by atoms with Crippen LogP contribution in [0.1, 0.15) is 10.4 Å². The van der Waals surface area contributed by atoms with Crippen molar-refractivity contribution in [3.8, 4) is 5.75 Å². The molecule has 0 saturated carbocycles. The number of hydrogen-bond acceptors (Lipinski definition) is 5. The van der Waals surface area contributed by atoms with Gasteiger partial charge in [-0.15, -0.1) is 12.4 Å². The van der Waals surface area contributed by atoms with Gasteiger partial charge in [-0.25, -0.2) is 14.8 Å². The highest BCUT2D eigenvalue weighted by Gasteiger charge is 2.09. The molecule has 0 aliphatic heterocycles. The molecule has 0 unspecified atom stereocenters. The van der Waals surface area contributed by atoms with Crippen LogP contribution in [0.2, 0.25) is 5.02 Å². The molecule has 124 valence electrons. The molecular weight excluding hydrogens is 353 g/mol. The lowest BCUT2D eigenvalue weighted by atomic mass is 10.1. The minimum Gasteiger partial charge on any atom is -0.495 e. The number of rotatable bonds is 4. The highest BCUT2D eigenvalue weighted by atomic mass is 35.5. The second-order valence-electron chi connectivity index (χ2n) is 4.73. The topological polar surface area (TPSA) is 84.3 Å². The largest absolute Gasteiger partial charge is 0.495 e. The maximum Gasteiger partial charge on any atom is 0.335 e. The number of nitrogens with zero attached hydrogens (tertiary/aromatic N) is 2. The molecule has 0 bridgehead atoms. The number of aromatic nitrogens is 2. The van der Waals surface area contributed by atoms with E-state index in [0.29, 0.717) is 27.5 Å². The number of fused-ring (bicyclic) bond motifs is 1. The lowest BCUT2D eigenvalue weighted by Gasteiger charge is -2.10. The zero-order valence-corrected chi connectivity index (χ0v) is 14.1. The lowest BCUT2D eigenvalue weighted by Crippen LogP contribution is -1.99. The Morgan fingerprint density at radius 3 is 2.67 bits per heavy atom. The van der Waals surface area contributed by atoms with Gasteiger partial charge in [0, 0.05) is 11.1 Å². The van der Waals surface area contributed by atoms with Gasteiger partial charge in [-0.2, -0.15) is 0 Å². The van der Waals surface area contributed by atoms with Crippen molar-refractivity contribution in [1.29, 1.82) is 0 Å². The zero-order chi connectivity index (χ0) is 16.4. The van der Waals surface area contributed by atoms with E-state index in [1.165, 1.54) is 18.5 Å². The van der Waals surface area contributed by atoms with Crippen LogP contribution in [0, 0.1) is 0 Å². The van der Waals surface area contributed by atoms with Crippen molar-refractivity contribution in [3.63, 3.8) is 0 Å². The quantitative estimate of drug-likeness (QED) is 0.722. The third-order valence-electron chi connectivity index (χ3n) is 3.30. The summed E-state index contributed by atoms with van der Waals surface area (Å²) >= 11 is 6.11. The Kier molecular flexibility index (Phi) is 5.43. The van der Waals surface area contributed by atoms with Gasteiger partial charge in [0.25, 0.3) is 0 Å². The number of anilines is 2. The number of ether oxygens (including phenoxy) is 1. The van der Waals surface area contributed by atoms with Crippen LogP contribution in [-0.2, 0) is 0 Å². The van der Waals surface area contributed by atoms with E-state index in [9.17, 15) is 4.79 Å². The molecule has 0 atom stereocenters. The Hall–Kier alpha value is -2.57. The Labute approximate surface area is 148 Å². The van der Waals surface area contributed by atoms with Crippen LogP contribution >= 0.6 is 24.0 Å². The van der Waals surface area contributed by atoms with Crippen molar-refractivity contribution < 1.29 is 14.6 Å². The predicted octanol–water partition coefficient (Wildman–Crippen LogP) is 4.16. The first-order valence-electron chi connectivity index (χ1n) is 6.67. The molecule has 0 aliphatic carbocycles. The highest BCUT2D eigenvalue weighted by Crippen LogP contribution is 2.30. The van der Waals surface area contributed by atoms with Crippen molar-refractivity contribution in [2.75, 3.05) is 12.4 Å². The molecule has 8 heteroatoms. The standard InChI is InChI=1S/C16H12ClN3O3.ClH/c1-23-14-5-3-10(7-12(14)17)20-15-11-4-2-9(16(21)22)6-13(11)18-8-19-15;/h2-8H,1H3,(H,21,22)(H,18,19,20);1H. The Morgan fingerprint density at radius 1 is 1.21 bits per heavy atom. The fourth-order valence-corrected chi connectivity index (χ4v) is 2.43. The SMILES string of the molecule is COc1ccc(Nc2ncnc3cc(C(=O)O)ccc23)cc1Cl.Cl.